The number of rotatable bonds is 3. The van der Waals surface area contributed by atoms with Gasteiger partial charge in [0.25, 0.3) is 0 Å². The average molecular weight is 333 g/mol. The van der Waals surface area contributed by atoms with E-state index in [1.807, 2.05) is 31.2 Å². The molecule has 4 bridgehead atoms. The first-order valence-corrected chi connectivity index (χ1v) is 9.23. The number of hydrogen-bond donors (Lipinski definition) is 2. The summed E-state index contributed by atoms with van der Waals surface area (Å²) in [5.41, 5.74) is 1.10. The van der Waals surface area contributed by atoms with Gasteiger partial charge < -0.3 is 10.6 Å². The minimum absolute atomic E-state index is 0.0283. The molecule has 0 saturated heterocycles. The van der Waals surface area contributed by atoms with Crippen molar-refractivity contribution in [1.82, 2.24) is 10.6 Å². The van der Waals surface area contributed by atoms with Crippen LogP contribution in [0.1, 0.15) is 57.1 Å². The molecule has 1 atom stereocenters. The number of urea groups is 1. The third-order valence-corrected chi connectivity index (χ3v) is 6.35. The van der Waals surface area contributed by atoms with Crippen molar-refractivity contribution in [2.24, 2.45) is 17.8 Å². The van der Waals surface area contributed by atoms with Gasteiger partial charge in [0, 0.05) is 10.6 Å². The molecule has 0 aromatic heterocycles. The van der Waals surface area contributed by atoms with Gasteiger partial charge in [-0.05, 0) is 80.9 Å². The van der Waals surface area contributed by atoms with Gasteiger partial charge in [-0.1, -0.05) is 23.7 Å². The van der Waals surface area contributed by atoms with Crippen molar-refractivity contribution < 1.29 is 4.79 Å². The highest BCUT2D eigenvalue weighted by Gasteiger charge is 2.51. The number of carbonyl (C=O) groups excluding carboxylic acids is 1. The van der Waals surface area contributed by atoms with Crippen molar-refractivity contribution in [3.63, 3.8) is 0 Å². The standard InChI is InChI=1S/C19H25ClN2O/c1-12(16-3-2-4-17(20)8-16)21-18(23)22-19-9-13-5-14(10-19)7-15(6-13)11-19/h2-4,8,12-15H,5-7,9-11H2,1H3,(H2,21,22,23). The molecule has 124 valence electrons. The molecular weight excluding hydrogens is 308 g/mol. The van der Waals surface area contributed by atoms with E-state index in [-0.39, 0.29) is 17.6 Å². The van der Waals surface area contributed by atoms with Gasteiger partial charge in [-0.15, -0.1) is 0 Å². The summed E-state index contributed by atoms with van der Waals surface area (Å²) in [6.45, 7) is 2.00. The first-order chi connectivity index (χ1) is 11.0. The van der Waals surface area contributed by atoms with Crippen LogP contribution in [0.2, 0.25) is 5.02 Å². The summed E-state index contributed by atoms with van der Waals surface area (Å²) in [6, 6.07) is 7.63. The van der Waals surface area contributed by atoms with Crippen LogP contribution in [0.5, 0.6) is 0 Å². The fourth-order valence-corrected chi connectivity index (χ4v) is 5.80. The Labute approximate surface area is 143 Å². The molecule has 2 N–H and O–H groups in total. The highest BCUT2D eigenvalue weighted by molar-refractivity contribution is 6.30. The molecule has 3 nitrogen and oxygen atoms in total. The smallest absolute Gasteiger partial charge is 0.315 e. The van der Waals surface area contributed by atoms with Crippen LogP contribution >= 0.6 is 11.6 Å². The van der Waals surface area contributed by atoms with Crippen molar-refractivity contribution in [3.8, 4) is 0 Å². The molecule has 0 aliphatic heterocycles. The lowest BCUT2D eigenvalue weighted by Gasteiger charge is -2.56. The first-order valence-electron chi connectivity index (χ1n) is 8.85. The number of amides is 2. The first kappa shape index (κ1) is 15.3. The van der Waals surface area contributed by atoms with Crippen LogP contribution in [-0.4, -0.2) is 11.6 Å². The molecule has 0 spiro atoms. The number of halogens is 1. The predicted octanol–water partition coefficient (Wildman–Crippen LogP) is 4.67. The predicted molar refractivity (Wildman–Crippen MR) is 92.4 cm³/mol. The van der Waals surface area contributed by atoms with E-state index < -0.39 is 0 Å². The summed E-state index contributed by atoms with van der Waals surface area (Å²) in [4.78, 5) is 12.5. The quantitative estimate of drug-likeness (QED) is 0.829. The SMILES string of the molecule is CC(NC(=O)NC12CC3CC(CC(C3)C1)C2)c1cccc(Cl)c1. The van der Waals surface area contributed by atoms with Crippen LogP contribution in [0.3, 0.4) is 0 Å². The number of benzene rings is 1. The Morgan fingerprint density at radius 2 is 1.78 bits per heavy atom. The Bertz CT molecular complexity index is 580. The lowest BCUT2D eigenvalue weighted by atomic mass is 9.53. The lowest BCUT2D eigenvalue weighted by Crippen LogP contribution is -2.61. The molecule has 1 unspecified atom stereocenters. The molecule has 4 heteroatoms. The molecule has 1 aromatic carbocycles. The van der Waals surface area contributed by atoms with Gasteiger partial charge in [-0.3, -0.25) is 0 Å². The van der Waals surface area contributed by atoms with E-state index >= 15 is 0 Å². The highest BCUT2D eigenvalue weighted by Crippen LogP contribution is 2.55. The zero-order valence-electron chi connectivity index (χ0n) is 13.6. The summed E-state index contributed by atoms with van der Waals surface area (Å²) in [5, 5.41) is 7.15. The van der Waals surface area contributed by atoms with Gasteiger partial charge in [0.1, 0.15) is 0 Å². The Morgan fingerprint density at radius 3 is 2.35 bits per heavy atom. The van der Waals surface area contributed by atoms with Crippen molar-refractivity contribution in [3.05, 3.63) is 34.9 Å². The van der Waals surface area contributed by atoms with Crippen LogP contribution in [0.4, 0.5) is 4.79 Å². The minimum Gasteiger partial charge on any atom is -0.333 e. The second-order valence-corrected chi connectivity index (χ2v) is 8.51. The van der Waals surface area contributed by atoms with E-state index in [0.717, 1.165) is 23.3 Å². The zero-order chi connectivity index (χ0) is 16.0. The summed E-state index contributed by atoms with van der Waals surface area (Å²) in [5.74, 6) is 2.52. The maximum atomic E-state index is 12.5. The van der Waals surface area contributed by atoms with Gasteiger partial charge in [-0.25, -0.2) is 4.79 Å². The highest BCUT2D eigenvalue weighted by atomic mass is 35.5. The van der Waals surface area contributed by atoms with Crippen LogP contribution in [-0.2, 0) is 0 Å². The fraction of sp³-hybridized carbons (Fsp3) is 0.632. The minimum atomic E-state index is -0.0392. The van der Waals surface area contributed by atoms with Gasteiger partial charge in [0.05, 0.1) is 6.04 Å². The summed E-state index contributed by atoms with van der Waals surface area (Å²) >= 11 is 6.04. The Morgan fingerprint density at radius 1 is 1.17 bits per heavy atom. The molecule has 5 rings (SSSR count). The molecule has 0 heterocycles. The Balaban J connectivity index is 1.40. The van der Waals surface area contributed by atoms with E-state index in [0.29, 0.717) is 5.02 Å². The summed E-state index contributed by atoms with van der Waals surface area (Å²) in [7, 11) is 0. The maximum absolute atomic E-state index is 12.5. The molecule has 4 fully saturated rings. The van der Waals surface area contributed by atoms with E-state index in [4.69, 9.17) is 11.6 Å². The zero-order valence-corrected chi connectivity index (χ0v) is 14.4. The van der Waals surface area contributed by atoms with E-state index in [9.17, 15) is 4.79 Å². The van der Waals surface area contributed by atoms with Crippen LogP contribution < -0.4 is 10.6 Å². The van der Waals surface area contributed by atoms with Crippen molar-refractivity contribution >= 4 is 17.6 Å². The molecule has 4 aliphatic carbocycles. The third-order valence-electron chi connectivity index (χ3n) is 6.11. The maximum Gasteiger partial charge on any atom is 0.315 e. The fourth-order valence-electron chi connectivity index (χ4n) is 5.60. The van der Waals surface area contributed by atoms with E-state index in [1.54, 1.807) is 0 Å². The van der Waals surface area contributed by atoms with Crippen molar-refractivity contribution in [2.75, 3.05) is 0 Å². The molecule has 4 aliphatic rings. The number of nitrogens with one attached hydrogen (secondary N) is 2. The van der Waals surface area contributed by atoms with Crippen molar-refractivity contribution in [2.45, 2.75) is 57.0 Å². The van der Waals surface area contributed by atoms with Crippen LogP contribution in [0.15, 0.2) is 24.3 Å². The summed E-state index contributed by atoms with van der Waals surface area (Å²) in [6.07, 6.45) is 7.71. The van der Waals surface area contributed by atoms with Crippen LogP contribution in [0, 0.1) is 17.8 Å². The molecule has 1 aromatic rings. The third kappa shape index (κ3) is 3.08. The average Bonchev–Trinajstić information content (AvgIpc) is 2.44. The molecule has 0 radical (unpaired) electrons. The van der Waals surface area contributed by atoms with Gasteiger partial charge in [0.15, 0.2) is 0 Å². The second-order valence-electron chi connectivity index (χ2n) is 8.07. The second kappa shape index (κ2) is 5.70. The largest absolute Gasteiger partial charge is 0.333 e. The van der Waals surface area contributed by atoms with E-state index in [1.165, 1.54) is 38.5 Å². The number of carbonyl (C=O) groups is 1. The molecule has 2 amide bonds. The topological polar surface area (TPSA) is 41.1 Å². The van der Waals surface area contributed by atoms with Gasteiger partial charge >= 0.3 is 6.03 Å². The summed E-state index contributed by atoms with van der Waals surface area (Å²) < 4.78 is 0. The van der Waals surface area contributed by atoms with Crippen molar-refractivity contribution in [1.29, 1.82) is 0 Å². The molecule has 23 heavy (non-hydrogen) atoms. The Hall–Kier alpha value is -1.22. The molecule has 4 saturated carbocycles. The number of hydrogen-bond acceptors (Lipinski definition) is 1. The molecular formula is C19H25ClN2O. The van der Waals surface area contributed by atoms with Gasteiger partial charge in [-0.2, -0.15) is 0 Å². The van der Waals surface area contributed by atoms with E-state index in [2.05, 4.69) is 10.6 Å². The monoisotopic (exact) mass is 332 g/mol. The normalized spacial score (nSPS) is 35.8. The Kier molecular flexibility index (Phi) is 3.79. The van der Waals surface area contributed by atoms with Crippen LogP contribution in [0.25, 0.3) is 0 Å². The van der Waals surface area contributed by atoms with Gasteiger partial charge in [0.2, 0.25) is 0 Å². The lowest BCUT2D eigenvalue weighted by molar-refractivity contribution is -0.0136.